The number of carbonyl (C=O) groups excluding carboxylic acids is 3. The molecule has 3 atom stereocenters. The molecule has 0 radical (unpaired) electrons. The molecule has 0 bridgehead atoms. The van der Waals surface area contributed by atoms with Gasteiger partial charge in [0.1, 0.15) is 5.92 Å². The van der Waals surface area contributed by atoms with E-state index in [4.69, 9.17) is 14.2 Å². The van der Waals surface area contributed by atoms with E-state index in [0.717, 1.165) is 6.07 Å². The maximum absolute atomic E-state index is 13.7. The van der Waals surface area contributed by atoms with Crippen LogP contribution in [0.3, 0.4) is 0 Å². The van der Waals surface area contributed by atoms with Crippen LogP contribution in [0.4, 0.5) is 5.69 Å². The summed E-state index contributed by atoms with van der Waals surface area (Å²) < 4.78 is 15.4. The Balaban J connectivity index is 2.32. The first kappa shape index (κ1) is 25.7. The molecule has 0 amide bonds. The number of benzene rings is 1. The molecule has 35 heavy (non-hydrogen) atoms. The van der Waals surface area contributed by atoms with Gasteiger partial charge in [-0.25, -0.2) is 4.79 Å². The van der Waals surface area contributed by atoms with E-state index in [0.29, 0.717) is 17.8 Å². The van der Waals surface area contributed by atoms with Gasteiger partial charge in [-0.2, -0.15) is 0 Å². The summed E-state index contributed by atoms with van der Waals surface area (Å²) in [5.41, 5.74) is 0.580. The zero-order chi connectivity index (χ0) is 26.2. The highest BCUT2D eigenvalue weighted by molar-refractivity contribution is 6.12. The molecule has 0 fully saturated rings. The summed E-state index contributed by atoms with van der Waals surface area (Å²) in [5.74, 6) is -5.49. The Morgan fingerprint density at radius 3 is 2.46 bits per heavy atom. The van der Waals surface area contributed by atoms with Crippen molar-refractivity contribution in [3.63, 3.8) is 0 Å². The van der Waals surface area contributed by atoms with Crippen molar-refractivity contribution >= 4 is 23.4 Å². The van der Waals surface area contributed by atoms with Crippen molar-refractivity contribution in [3.8, 4) is 11.5 Å². The molecule has 11 heteroatoms. The highest BCUT2D eigenvalue weighted by Crippen LogP contribution is 2.48. The normalized spacial score (nSPS) is 21.9. The van der Waals surface area contributed by atoms with Crippen molar-refractivity contribution in [1.29, 1.82) is 0 Å². The number of nitro groups is 1. The molecule has 0 unspecified atom stereocenters. The largest absolute Gasteiger partial charge is 0.500 e. The molecule has 11 nitrogen and oxygen atoms in total. The number of nitro benzene ring substituents is 1. The third-order valence-corrected chi connectivity index (χ3v) is 6.13. The minimum atomic E-state index is -1.11. The first-order valence-corrected chi connectivity index (χ1v) is 11.0. The van der Waals surface area contributed by atoms with Crippen LogP contribution < -0.4 is 10.1 Å². The lowest BCUT2D eigenvalue weighted by atomic mass is 9.69. The summed E-state index contributed by atoms with van der Waals surface area (Å²) in [5, 5.41) is 25.0. The molecule has 1 aromatic carbocycles. The van der Waals surface area contributed by atoms with Gasteiger partial charge in [-0.3, -0.25) is 19.7 Å². The van der Waals surface area contributed by atoms with Gasteiger partial charge in [0.05, 0.1) is 30.8 Å². The lowest BCUT2D eigenvalue weighted by molar-refractivity contribution is -0.386. The zero-order valence-corrected chi connectivity index (χ0v) is 20.3. The first-order valence-electron chi connectivity index (χ1n) is 11.0. The summed E-state index contributed by atoms with van der Waals surface area (Å²) in [4.78, 5) is 50.3. The van der Waals surface area contributed by atoms with Gasteiger partial charge in [0.15, 0.2) is 11.5 Å². The number of Topliss-reactive ketones (excluding diaryl/α,β-unsaturated/α-hetero) is 1. The first-order chi connectivity index (χ1) is 16.4. The number of hydrogen-bond acceptors (Lipinski definition) is 10. The van der Waals surface area contributed by atoms with E-state index in [1.165, 1.54) is 20.3 Å². The fraction of sp³-hybridized carbons (Fsp3) is 0.458. The van der Waals surface area contributed by atoms with Crippen molar-refractivity contribution in [2.45, 2.75) is 46.1 Å². The Kier molecular flexibility index (Phi) is 7.18. The minimum absolute atomic E-state index is 0.0611. The molecule has 0 saturated carbocycles. The number of ether oxygens (including phenoxy) is 3. The number of ketones is 1. The summed E-state index contributed by atoms with van der Waals surface area (Å²) in [6.45, 7) is 6.72. The molecule has 1 aromatic rings. The number of nitrogens with one attached hydrogen (secondary N) is 1. The van der Waals surface area contributed by atoms with Crippen LogP contribution in [0.15, 0.2) is 34.7 Å². The maximum Gasteiger partial charge on any atom is 0.337 e. The van der Waals surface area contributed by atoms with E-state index in [9.17, 15) is 29.6 Å². The van der Waals surface area contributed by atoms with Crippen LogP contribution in [0.1, 0.15) is 45.6 Å². The van der Waals surface area contributed by atoms with Crippen LogP contribution in [0.5, 0.6) is 11.5 Å². The molecule has 188 valence electrons. The number of esters is 2. The Hall–Kier alpha value is -3.89. The van der Waals surface area contributed by atoms with Crippen molar-refractivity contribution in [1.82, 2.24) is 5.32 Å². The molecule has 2 N–H and O–H groups in total. The van der Waals surface area contributed by atoms with Crippen molar-refractivity contribution in [2.24, 2.45) is 11.8 Å². The second-order valence-corrected chi connectivity index (χ2v) is 8.84. The minimum Gasteiger partial charge on any atom is -0.500 e. The monoisotopic (exact) mass is 488 g/mol. The zero-order valence-electron chi connectivity index (χ0n) is 20.3. The summed E-state index contributed by atoms with van der Waals surface area (Å²) in [6, 6.07) is 2.42. The van der Waals surface area contributed by atoms with Gasteiger partial charge < -0.3 is 24.6 Å². The molecular formula is C24H28N2O9. The smallest absolute Gasteiger partial charge is 0.337 e. The van der Waals surface area contributed by atoms with E-state index in [2.05, 4.69) is 5.32 Å². The number of phenolic OH excluding ortho intramolecular Hbond substituents is 1. The molecule has 3 rings (SSSR count). The molecule has 2 aliphatic rings. The van der Waals surface area contributed by atoms with Crippen LogP contribution in [0.25, 0.3) is 0 Å². The highest BCUT2D eigenvalue weighted by atomic mass is 16.6. The molecule has 1 heterocycles. The standard InChI is InChI=1S/C24H28N2O9/c1-10(2)35-24(30)18-12(4)25-14-7-11(3)17(23(29)34-6)22(28)20(14)19(18)13-8-15(26(31)32)21(27)16(9-13)33-5/h8-11,17,19,25,27H,7H2,1-6H3/t11-,17+,19-/m1/s1. The average molecular weight is 488 g/mol. The number of nitrogens with zero attached hydrogens (tertiary/aromatic N) is 1. The van der Waals surface area contributed by atoms with Crippen LogP contribution in [0, 0.1) is 22.0 Å². The predicted molar refractivity (Wildman–Crippen MR) is 122 cm³/mol. The fourth-order valence-electron chi connectivity index (χ4n) is 4.64. The second-order valence-electron chi connectivity index (χ2n) is 8.84. The maximum atomic E-state index is 13.7. The van der Waals surface area contributed by atoms with Crippen molar-refractivity contribution in [2.75, 3.05) is 14.2 Å². The molecule has 0 spiro atoms. The Morgan fingerprint density at radius 2 is 1.91 bits per heavy atom. The number of rotatable bonds is 6. The summed E-state index contributed by atoms with van der Waals surface area (Å²) in [6.07, 6.45) is -0.175. The van der Waals surface area contributed by atoms with Gasteiger partial charge in [-0.05, 0) is 44.7 Å². The predicted octanol–water partition coefficient (Wildman–Crippen LogP) is 2.87. The molecule has 1 aliphatic heterocycles. The number of carbonyl (C=O) groups is 3. The lowest BCUT2D eigenvalue weighted by Crippen LogP contribution is -2.43. The van der Waals surface area contributed by atoms with Gasteiger partial charge in [0.25, 0.3) is 0 Å². The van der Waals surface area contributed by atoms with E-state index in [-0.39, 0.29) is 28.4 Å². The van der Waals surface area contributed by atoms with Crippen LogP contribution in [-0.2, 0) is 23.9 Å². The number of aromatic hydroxyl groups is 1. The van der Waals surface area contributed by atoms with Crippen LogP contribution >= 0.6 is 0 Å². The van der Waals surface area contributed by atoms with E-state index < -0.39 is 52.0 Å². The third-order valence-electron chi connectivity index (χ3n) is 6.13. The second kappa shape index (κ2) is 9.77. The number of hydrogen-bond donors (Lipinski definition) is 2. The van der Waals surface area contributed by atoms with Crippen molar-refractivity contribution < 1.29 is 38.6 Å². The van der Waals surface area contributed by atoms with E-state index in [1.807, 2.05) is 0 Å². The van der Waals surface area contributed by atoms with E-state index in [1.54, 1.807) is 27.7 Å². The SMILES string of the molecule is COC(=O)[C@@H]1C(=O)C2=C(C[C@H]1C)NC(C)=C(C(=O)OC(C)C)[C@H]2c1cc(OC)c(O)c([N+](=O)[O-])c1. The third kappa shape index (κ3) is 4.58. The number of dihydropyridines is 1. The molecule has 1 aliphatic carbocycles. The highest BCUT2D eigenvalue weighted by Gasteiger charge is 2.47. The summed E-state index contributed by atoms with van der Waals surface area (Å²) in [7, 11) is 2.41. The Morgan fingerprint density at radius 1 is 1.26 bits per heavy atom. The average Bonchev–Trinajstić information content (AvgIpc) is 2.77. The summed E-state index contributed by atoms with van der Waals surface area (Å²) >= 11 is 0. The Bertz CT molecular complexity index is 1170. The van der Waals surface area contributed by atoms with Gasteiger partial charge in [0, 0.05) is 29.0 Å². The van der Waals surface area contributed by atoms with Crippen molar-refractivity contribution in [3.05, 3.63) is 50.4 Å². The van der Waals surface area contributed by atoms with Gasteiger partial charge in [-0.15, -0.1) is 0 Å². The number of phenols is 1. The van der Waals surface area contributed by atoms with Gasteiger partial charge in [0.2, 0.25) is 5.75 Å². The Labute approximate surface area is 201 Å². The molecular weight excluding hydrogens is 460 g/mol. The van der Waals surface area contributed by atoms with Gasteiger partial charge in [-0.1, -0.05) is 6.92 Å². The quantitative estimate of drug-likeness (QED) is 0.264. The topological polar surface area (TPSA) is 154 Å². The van der Waals surface area contributed by atoms with Crippen LogP contribution in [0.2, 0.25) is 0 Å². The molecule has 0 aromatic heterocycles. The van der Waals surface area contributed by atoms with Gasteiger partial charge >= 0.3 is 17.6 Å². The fourth-order valence-corrected chi connectivity index (χ4v) is 4.64. The lowest BCUT2D eigenvalue weighted by Gasteiger charge is -2.38. The number of allylic oxidation sites excluding steroid dienone is 3. The molecule has 0 saturated heterocycles. The van der Waals surface area contributed by atoms with E-state index >= 15 is 0 Å². The van der Waals surface area contributed by atoms with Crippen LogP contribution in [-0.4, -0.2) is 48.1 Å². The number of methoxy groups -OCH3 is 2.